The molecule has 1 heterocycles. The SMILES string of the molecule is O=C(NCCCN1CCCC1=O)c1cccc(S(=O)(=O)Nc2cccc(C(F)(F)F)c2)c1. The van der Waals surface area contributed by atoms with Gasteiger partial charge in [0.15, 0.2) is 0 Å². The van der Waals surface area contributed by atoms with E-state index in [9.17, 15) is 31.2 Å². The fourth-order valence-electron chi connectivity index (χ4n) is 3.29. The van der Waals surface area contributed by atoms with Crippen molar-refractivity contribution in [1.82, 2.24) is 10.2 Å². The molecule has 0 aliphatic carbocycles. The van der Waals surface area contributed by atoms with Crippen molar-refractivity contribution in [3.8, 4) is 0 Å². The molecule has 3 rings (SSSR count). The first-order valence-corrected chi connectivity index (χ1v) is 11.4. The van der Waals surface area contributed by atoms with E-state index in [1.807, 2.05) is 0 Å². The minimum Gasteiger partial charge on any atom is -0.352 e. The van der Waals surface area contributed by atoms with Crippen molar-refractivity contribution in [1.29, 1.82) is 0 Å². The molecule has 0 unspecified atom stereocenters. The average Bonchev–Trinajstić information content (AvgIpc) is 3.15. The molecule has 32 heavy (non-hydrogen) atoms. The number of carbonyl (C=O) groups excluding carboxylic acids is 2. The van der Waals surface area contributed by atoms with Crippen LogP contribution >= 0.6 is 0 Å². The highest BCUT2D eigenvalue weighted by molar-refractivity contribution is 7.92. The molecule has 2 amide bonds. The zero-order chi connectivity index (χ0) is 23.4. The fraction of sp³-hybridized carbons (Fsp3) is 0.333. The van der Waals surface area contributed by atoms with E-state index in [1.54, 1.807) is 4.90 Å². The number of sulfonamides is 1. The molecular weight excluding hydrogens is 447 g/mol. The van der Waals surface area contributed by atoms with Gasteiger partial charge in [-0.25, -0.2) is 8.42 Å². The number of alkyl halides is 3. The van der Waals surface area contributed by atoms with Gasteiger partial charge in [0.2, 0.25) is 5.91 Å². The van der Waals surface area contributed by atoms with E-state index in [0.717, 1.165) is 24.6 Å². The maximum Gasteiger partial charge on any atom is 0.416 e. The van der Waals surface area contributed by atoms with Gasteiger partial charge in [-0.2, -0.15) is 13.2 Å². The maximum atomic E-state index is 12.9. The molecule has 0 bridgehead atoms. The number of anilines is 1. The van der Waals surface area contributed by atoms with Crippen LogP contribution in [0.1, 0.15) is 35.2 Å². The molecule has 1 aliphatic rings. The molecule has 0 atom stereocenters. The summed E-state index contributed by atoms with van der Waals surface area (Å²) in [4.78, 5) is 25.4. The number of halogens is 3. The Morgan fingerprint density at radius 1 is 1.09 bits per heavy atom. The second kappa shape index (κ2) is 9.60. The van der Waals surface area contributed by atoms with E-state index >= 15 is 0 Å². The molecule has 0 spiro atoms. The van der Waals surface area contributed by atoms with E-state index in [-0.39, 0.29) is 22.1 Å². The fourth-order valence-corrected chi connectivity index (χ4v) is 4.39. The summed E-state index contributed by atoms with van der Waals surface area (Å²) in [6.45, 7) is 1.56. The summed E-state index contributed by atoms with van der Waals surface area (Å²) in [6.07, 6.45) is -2.67. The molecule has 1 fully saturated rings. The third-order valence-corrected chi connectivity index (χ3v) is 6.29. The number of hydrogen-bond acceptors (Lipinski definition) is 4. The average molecular weight is 469 g/mol. The molecular formula is C21H22F3N3O4S. The smallest absolute Gasteiger partial charge is 0.352 e. The minimum atomic E-state index is -4.61. The molecule has 0 aromatic heterocycles. The Morgan fingerprint density at radius 2 is 1.84 bits per heavy atom. The molecule has 2 aromatic rings. The van der Waals surface area contributed by atoms with Crippen molar-refractivity contribution >= 4 is 27.5 Å². The van der Waals surface area contributed by atoms with Crippen molar-refractivity contribution in [3.63, 3.8) is 0 Å². The monoisotopic (exact) mass is 469 g/mol. The van der Waals surface area contributed by atoms with Crippen LogP contribution in [-0.2, 0) is 21.0 Å². The highest BCUT2D eigenvalue weighted by atomic mass is 32.2. The van der Waals surface area contributed by atoms with E-state index in [0.29, 0.717) is 38.5 Å². The first-order chi connectivity index (χ1) is 15.1. The number of benzene rings is 2. The van der Waals surface area contributed by atoms with Gasteiger partial charge in [0.05, 0.1) is 10.5 Å². The van der Waals surface area contributed by atoms with Gasteiger partial charge in [0, 0.05) is 37.3 Å². The van der Waals surface area contributed by atoms with Crippen molar-refractivity contribution in [2.24, 2.45) is 0 Å². The lowest BCUT2D eigenvalue weighted by Crippen LogP contribution is -2.30. The molecule has 0 saturated carbocycles. The van der Waals surface area contributed by atoms with Gasteiger partial charge in [-0.3, -0.25) is 14.3 Å². The lowest BCUT2D eigenvalue weighted by molar-refractivity contribution is -0.137. The normalized spacial score (nSPS) is 14.5. The number of rotatable bonds is 8. The van der Waals surface area contributed by atoms with E-state index in [4.69, 9.17) is 0 Å². The van der Waals surface area contributed by atoms with Crippen molar-refractivity contribution in [3.05, 3.63) is 59.7 Å². The Labute approximate surface area is 183 Å². The summed E-state index contributed by atoms with van der Waals surface area (Å²) >= 11 is 0. The molecule has 11 heteroatoms. The highest BCUT2D eigenvalue weighted by Gasteiger charge is 2.30. The number of carbonyl (C=O) groups is 2. The van der Waals surface area contributed by atoms with Crippen molar-refractivity contribution in [2.45, 2.75) is 30.3 Å². The van der Waals surface area contributed by atoms with Gasteiger partial charge in [0.25, 0.3) is 15.9 Å². The van der Waals surface area contributed by atoms with Gasteiger partial charge in [-0.1, -0.05) is 12.1 Å². The number of nitrogens with zero attached hydrogens (tertiary/aromatic N) is 1. The molecule has 172 valence electrons. The van der Waals surface area contributed by atoms with E-state index in [1.165, 1.54) is 24.3 Å². The number of nitrogens with one attached hydrogen (secondary N) is 2. The molecule has 0 radical (unpaired) electrons. The maximum absolute atomic E-state index is 12.9. The summed E-state index contributed by atoms with van der Waals surface area (Å²) in [7, 11) is -4.22. The van der Waals surface area contributed by atoms with E-state index < -0.39 is 27.7 Å². The molecule has 2 aromatic carbocycles. The van der Waals surface area contributed by atoms with Crippen LogP contribution in [0.25, 0.3) is 0 Å². The van der Waals surface area contributed by atoms with Crippen LogP contribution in [0.5, 0.6) is 0 Å². The largest absolute Gasteiger partial charge is 0.416 e. The van der Waals surface area contributed by atoms with Crippen LogP contribution in [0, 0.1) is 0 Å². The first kappa shape index (κ1) is 23.6. The number of amides is 2. The second-order valence-electron chi connectivity index (χ2n) is 7.31. The highest BCUT2D eigenvalue weighted by Crippen LogP contribution is 2.31. The Balaban J connectivity index is 1.62. The van der Waals surface area contributed by atoms with Crippen LogP contribution in [0.4, 0.5) is 18.9 Å². The lowest BCUT2D eigenvalue weighted by Gasteiger charge is -2.15. The molecule has 7 nitrogen and oxygen atoms in total. The summed E-state index contributed by atoms with van der Waals surface area (Å²) in [5, 5.41) is 2.67. The molecule has 1 saturated heterocycles. The van der Waals surface area contributed by atoms with Crippen LogP contribution in [0.15, 0.2) is 53.4 Å². The predicted molar refractivity (Wildman–Crippen MR) is 111 cm³/mol. The topological polar surface area (TPSA) is 95.6 Å². The van der Waals surface area contributed by atoms with Gasteiger partial charge in [-0.15, -0.1) is 0 Å². The zero-order valence-electron chi connectivity index (χ0n) is 17.0. The van der Waals surface area contributed by atoms with Crippen LogP contribution in [-0.4, -0.2) is 44.8 Å². The zero-order valence-corrected chi connectivity index (χ0v) is 17.8. The second-order valence-corrected chi connectivity index (χ2v) is 8.99. The summed E-state index contributed by atoms with van der Waals surface area (Å²) in [5.74, 6) is -0.392. The Morgan fingerprint density at radius 3 is 2.53 bits per heavy atom. The van der Waals surface area contributed by atoms with Crippen LogP contribution < -0.4 is 10.0 Å². The number of hydrogen-bond donors (Lipinski definition) is 2. The van der Waals surface area contributed by atoms with Crippen molar-refractivity contribution in [2.75, 3.05) is 24.4 Å². The molecule has 2 N–H and O–H groups in total. The van der Waals surface area contributed by atoms with Gasteiger partial charge >= 0.3 is 6.18 Å². The van der Waals surface area contributed by atoms with Crippen LogP contribution in [0.3, 0.4) is 0 Å². The van der Waals surface area contributed by atoms with Crippen LogP contribution in [0.2, 0.25) is 0 Å². The summed E-state index contributed by atoms with van der Waals surface area (Å²) < 4.78 is 65.9. The predicted octanol–water partition coefficient (Wildman–Crippen LogP) is 3.25. The number of likely N-dealkylation sites (tertiary alicyclic amines) is 1. The first-order valence-electron chi connectivity index (χ1n) is 9.92. The Bertz CT molecular complexity index is 1100. The lowest BCUT2D eigenvalue weighted by atomic mass is 10.2. The quantitative estimate of drug-likeness (QED) is 0.581. The Hall–Kier alpha value is -3.08. The molecule has 1 aliphatic heterocycles. The summed E-state index contributed by atoms with van der Waals surface area (Å²) in [5.41, 5.74) is -1.14. The van der Waals surface area contributed by atoms with Gasteiger partial charge in [0.1, 0.15) is 0 Å². The van der Waals surface area contributed by atoms with Crippen molar-refractivity contribution < 1.29 is 31.2 Å². The minimum absolute atomic E-state index is 0.0918. The van der Waals surface area contributed by atoms with Gasteiger partial charge < -0.3 is 10.2 Å². The van der Waals surface area contributed by atoms with Gasteiger partial charge in [-0.05, 0) is 49.2 Å². The summed E-state index contributed by atoms with van der Waals surface area (Å²) in [6, 6.07) is 9.03. The third kappa shape index (κ3) is 6.00. The standard InChI is InChI=1S/C21H22F3N3O4S/c22-21(23,24)16-6-2-7-17(14-16)26-32(30,31)18-8-1-5-15(13-18)20(29)25-10-4-12-27-11-3-9-19(27)28/h1-2,5-8,13-14,26H,3-4,9-12H2,(H,25,29). The van der Waals surface area contributed by atoms with E-state index in [2.05, 4.69) is 10.0 Å². The Kier molecular flexibility index (Phi) is 7.07. The third-order valence-electron chi connectivity index (χ3n) is 4.91.